The molecular weight excluding hydrogens is 356 g/mol. The quantitative estimate of drug-likeness (QED) is 0.474. The van der Waals surface area contributed by atoms with Crippen LogP contribution in [0.1, 0.15) is 35.3 Å². The fourth-order valence-corrected chi connectivity index (χ4v) is 4.72. The molecule has 0 unspecified atom stereocenters. The van der Waals surface area contributed by atoms with E-state index in [0.717, 1.165) is 31.2 Å². The Labute approximate surface area is 154 Å². The first kappa shape index (κ1) is 17.6. The topological polar surface area (TPSA) is 96.5 Å². The molecule has 2 heterocycles. The van der Waals surface area contributed by atoms with Gasteiger partial charge in [-0.2, -0.15) is 5.26 Å². The second kappa shape index (κ2) is 8.27. The van der Waals surface area contributed by atoms with E-state index in [1.54, 1.807) is 22.1 Å². The molecule has 0 fully saturated rings. The average Bonchev–Trinajstić information content (AvgIpc) is 3.10. The number of carbonyl (C=O) groups is 1. The summed E-state index contributed by atoms with van der Waals surface area (Å²) in [5.41, 5.74) is 1.76. The number of nitrogens with one attached hydrogen (secondary N) is 1. The lowest BCUT2D eigenvalue weighted by Crippen LogP contribution is -2.14. The second-order valence-electron chi connectivity index (χ2n) is 5.65. The first-order chi connectivity index (χ1) is 12.2. The summed E-state index contributed by atoms with van der Waals surface area (Å²) in [6.07, 6.45) is 7.06. The third kappa shape index (κ3) is 4.08. The van der Waals surface area contributed by atoms with Gasteiger partial charge in [-0.3, -0.25) is 4.79 Å². The van der Waals surface area contributed by atoms with E-state index in [1.807, 2.05) is 0 Å². The highest BCUT2D eigenvalue weighted by Gasteiger charge is 2.21. The number of amides is 1. The maximum Gasteiger partial charge on any atom is 0.235 e. The minimum absolute atomic E-state index is 0.161. The van der Waals surface area contributed by atoms with E-state index in [0.29, 0.717) is 22.3 Å². The molecule has 0 spiro atoms. The highest BCUT2D eigenvalue weighted by atomic mass is 32.2. The summed E-state index contributed by atoms with van der Waals surface area (Å²) in [4.78, 5) is 13.5. The molecule has 0 bridgehead atoms. The third-order valence-electron chi connectivity index (χ3n) is 3.92. The Morgan fingerprint density at radius 1 is 1.44 bits per heavy atom. The minimum Gasteiger partial charge on any atom is -0.316 e. The van der Waals surface area contributed by atoms with Crippen molar-refractivity contribution < 1.29 is 4.79 Å². The number of hydrogen-bond acceptors (Lipinski definition) is 7. The summed E-state index contributed by atoms with van der Waals surface area (Å²) in [6.45, 7) is 4.14. The van der Waals surface area contributed by atoms with Crippen LogP contribution in [0.25, 0.3) is 0 Å². The number of nitrogens with zero attached hydrogens (tertiary/aromatic N) is 5. The summed E-state index contributed by atoms with van der Waals surface area (Å²) in [6, 6.07) is 2.27. The van der Waals surface area contributed by atoms with E-state index in [1.165, 1.54) is 23.1 Å². The van der Waals surface area contributed by atoms with Gasteiger partial charge in [-0.15, -0.1) is 23.0 Å². The number of aryl methyl sites for hydroxylation is 1. The molecule has 1 aliphatic carbocycles. The normalized spacial score (nSPS) is 13.6. The van der Waals surface area contributed by atoms with Crippen molar-refractivity contribution in [3.05, 3.63) is 28.7 Å². The molecule has 130 valence electrons. The van der Waals surface area contributed by atoms with Gasteiger partial charge >= 0.3 is 0 Å². The SMILES string of the molecule is C=CCn1nnnc1SCC(=O)Nc1sc2c(c1C#N)CCCCC2. The van der Waals surface area contributed by atoms with Gasteiger partial charge in [0.05, 0.1) is 17.9 Å². The standard InChI is InChI=1S/C16H18N6OS2/c1-2-8-22-16(19-20-21-22)24-10-14(23)18-15-12(9-17)11-6-4-3-5-7-13(11)25-15/h2H,1,3-8,10H2,(H,18,23). The van der Waals surface area contributed by atoms with Gasteiger partial charge in [0.1, 0.15) is 11.1 Å². The molecule has 3 rings (SSSR count). The van der Waals surface area contributed by atoms with Gasteiger partial charge in [0, 0.05) is 4.88 Å². The van der Waals surface area contributed by atoms with Crippen LogP contribution in [0.3, 0.4) is 0 Å². The number of rotatable bonds is 6. The molecule has 0 saturated heterocycles. The Hall–Kier alpha value is -2.18. The Morgan fingerprint density at radius 3 is 3.08 bits per heavy atom. The predicted molar refractivity (Wildman–Crippen MR) is 97.7 cm³/mol. The number of nitriles is 1. The van der Waals surface area contributed by atoms with Crippen LogP contribution in [-0.4, -0.2) is 31.9 Å². The molecule has 2 aromatic heterocycles. The number of aromatic nitrogens is 4. The molecule has 25 heavy (non-hydrogen) atoms. The monoisotopic (exact) mass is 374 g/mol. The van der Waals surface area contributed by atoms with Crippen LogP contribution in [0.5, 0.6) is 0 Å². The molecule has 2 aromatic rings. The van der Waals surface area contributed by atoms with Crippen molar-refractivity contribution in [2.45, 2.75) is 43.8 Å². The third-order valence-corrected chi connectivity index (χ3v) is 6.08. The Bertz CT molecular complexity index is 819. The molecule has 9 heteroatoms. The lowest BCUT2D eigenvalue weighted by atomic mass is 10.1. The second-order valence-corrected chi connectivity index (χ2v) is 7.70. The number of carbonyl (C=O) groups excluding carboxylic acids is 1. The first-order valence-corrected chi connectivity index (χ1v) is 9.87. The summed E-state index contributed by atoms with van der Waals surface area (Å²) >= 11 is 2.80. The van der Waals surface area contributed by atoms with Crippen molar-refractivity contribution in [1.29, 1.82) is 5.26 Å². The maximum atomic E-state index is 12.3. The molecule has 0 aromatic carbocycles. The zero-order valence-electron chi connectivity index (χ0n) is 13.7. The van der Waals surface area contributed by atoms with Gasteiger partial charge in [-0.25, -0.2) is 4.68 Å². The number of anilines is 1. The van der Waals surface area contributed by atoms with E-state index in [4.69, 9.17) is 0 Å². The molecule has 1 amide bonds. The van der Waals surface area contributed by atoms with E-state index in [-0.39, 0.29) is 11.7 Å². The van der Waals surface area contributed by atoms with E-state index in [2.05, 4.69) is 33.5 Å². The van der Waals surface area contributed by atoms with Gasteiger partial charge in [-0.1, -0.05) is 24.3 Å². The van der Waals surface area contributed by atoms with Crippen LogP contribution in [-0.2, 0) is 24.2 Å². The molecule has 7 nitrogen and oxygen atoms in total. The summed E-state index contributed by atoms with van der Waals surface area (Å²) in [5, 5.41) is 25.0. The van der Waals surface area contributed by atoms with Gasteiger partial charge in [0.25, 0.3) is 0 Å². The van der Waals surface area contributed by atoms with Crippen LogP contribution < -0.4 is 5.32 Å². The van der Waals surface area contributed by atoms with Gasteiger partial charge in [-0.05, 0) is 41.7 Å². The summed E-state index contributed by atoms with van der Waals surface area (Å²) in [5.74, 6) is 0.0244. The molecular formula is C16H18N6OS2. The number of hydrogen-bond donors (Lipinski definition) is 1. The van der Waals surface area contributed by atoms with Crippen LogP contribution in [0, 0.1) is 11.3 Å². The molecule has 0 atom stereocenters. The first-order valence-electron chi connectivity index (χ1n) is 8.07. The summed E-state index contributed by atoms with van der Waals surface area (Å²) in [7, 11) is 0. The van der Waals surface area contributed by atoms with Gasteiger partial charge in [0.2, 0.25) is 11.1 Å². The number of allylic oxidation sites excluding steroid dienone is 1. The number of thioether (sulfide) groups is 1. The van der Waals surface area contributed by atoms with Crippen LogP contribution in [0.4, 0.5) is 5.00 Å². The highest BCUT2D eigenvalue weighted by molar-refractivity contribution is 7.99. The average molecular weight is 374 g/mol. The molecule has 1 N–H and O–H groups in total. The zero-order chi connectivity index (χ0) is 17.6. The van der Waals surface area contributed by atoms with Crippen molar-refractivity contribution in [3.63, 3.8) is 0 Å². The van der Waals surface area contributed by atoms with E-state index < -0.39 is 0 Å². The molecule has 1 aliphatic rings. The van der Waals surface area contributed by atoms with Crippen LogP contribution in [0.15, 0.2) is 17.8 Å². The minimum atomic E-state index is -0.161. The van der Waals surface area contributed by atoms with Gasteiger partial charge in [0.15, 0.2) is 0 Å². The fraction of sp³-hybridized carbons (Fsp3) is 0.438. The number of thiophene rings is 1. The van der Waals surface area contributed by atoms with Crippen molar-refractivity contribution in [2.75, 3.05) is 11.1 Å². The molecule has 0 aliphatic heterocycles. The Balaban J connectivity index is 1.66. The van der Waals surface area contributed by atoms with Gasteiger partial charge < -0.3 is 5.32 Å². The Morgan fingerprint density at radius 2 is 2.28 bits per heavy atom. The van der Waals surface area contributed by atoms with E-state index in [9.17, 15) is 10.1 Å². The molecule has 0 radical (unpaired) electrons. The lowest BCUT2D eigenvalue weighted by Gasteiger charge is -2.04. The maximum absolute atomic E-state index is 12.3. The Kier molecular flexibility index (Phi) is 5.83. The van der Waals surface area contributed by atoms with Crippen LogP contribution >= 0.6 is 23.1 Å². The van der Waals surface area contributed by atoms with Crippen molar-refractivity contribution in [2.24, 2.45) is 0 Å². The van der Waals surface area contributed by atoms with Crippen molar-refractivity contribution >= 4 is 34.0 Å². The lowest BCUT2D eigenvalue weighted by molar-refractivity contribution is -0.113. The fourth-order valence-electron chi connectivity index (χ4n) is 2.78. The van der Waals surface area contributed by atoms with Crippen molar-refractivity contribution in [1.82, 2.24) is 20.2 Å². The molecule has 0 saturated carbocycles. The predicted octanol–water partition coefficient (Wildman–Crippen LogP) is 2.79. The number of tetrazole rings is 1. The van der Waals surface area contributed by atoms with E-state index >= 15 is 0 Å². The highest BCUT2D eigenvalue weighted by Crippen LogP contribution is 2.37. The van der Waals surface area contributed by atoms with Crippen LogP contribution in [0.2, 0.25) is 0 Å². The largest absolute Gasteiger partial charge is 0.316 e. The number of fused-ring (bicyclic) bond motifs is 1. The summed E-state index contributed by atoms with van der Waals surface area (Å²) < 4.78 is 1.58. The zero-order valence-corrected chi connectivity index (χ0v) is 15.3. The van der Waals surface area contributed by atoms with Crippen molar-refractivity contribution in [3.8, 4) is 6.07 Å². The smallest absolute Gasteiger partial charge is 0.235 e.